The van der Waals surface area contributed by atoms with Gasteiger partial charge in [0.1, 0.15) is 5.75 Å². The maximum Gasteiger partial charge on any atom is 0.115 e. The lowest BCUT2D eigenvalue weighted by Gasteiger charge is -2.51. The average molecular weight is 387 g/mol. The molecule has 3 heteroatoms. The molecule has 3 nitrogen and oxygen atoms in total. The molecule has 2 unspecified atom stereocenters. The number of hydrogen-bond acceptors (Lipinski definition) is 2. The highest BCUT2D eigenvalue weighted by molar-refractivity contribution is 5.87. The molecule has 1 saturated carbocycles. The number of aromatic hydroxyl groups is 1. The van der Waals surface area contributed by atoms with Crippen molar-refractivity contribution in [1.29, 1.82) is 0 Å². The zero-order chi connectivity index (χ0) is 19.6. The van der Waals surface area contributed by atoms with Gasteiger partial charge < -0.3 is 15.0 Å². The van der Waals surface area contributed by atoms with E-state index in [1.807, 2.05) is 12.1 Å². The van der Waals surface area contributed by atoms with Gasteiger partial charge in [0.2, 0.25) is 0 Å². The second-order valence-corrected chi connectivity index (χ2v) is 9.82. The molecule has 2 fully saturated rings. The molecule has 2 aromatic carbocycles. The van der Waals surface area contributed by atoms with Crippen molar-refractivity contribution in [3.05, 3.63) is 64.8 Å². The second-order valence-electron chi connectivity index (χ2n) is 9.82. The number of phenols is 1. The molecular formula is C26H30N2O. The average Bonchev–Trinajstić information content (AvgIpc) is 3.46. The number of hydrogen-bond donors (Lipinski definition) is 2. The molecule has 0 spiro atoms. The van der Waals surface area contributed by atoms with Crippen LogP contribution in [0.2, 0.25) is 0 Å². The summed E-state index contributed by atoms with van der Waals surface area (Å²) in [7, 11) is 0. The number of aryl methyl sites for hydroxylation is 1. The summed E-state index contributed by atoms with van der Waals surface area (Å²) < 4.78 is 0. The van der Waals surface area contributed by atoms with E-state index in [2.05, 4.69) is 41.1 Å². The van der Waals surface area contributed by atoms with Gasteiger partial charge in [-0.05, 0) is 86.2 Å². The number of nitrogens with one attached hydrogen (secondary N) is 1. The third-order valence-corrected chi connectivity index (χ3v) is 7.95. The predicted molar refractivity (Wildman–Crippen MR) is 117 cm³/mol. The summed E-state index contributed by atoms with van der Waals surface area (Å²) in [4.78, 5) is 6.53. The number of para-hydroxylation sites is 1. The summed E-state index contributed by atoms with van der Waals surface area (Å²) in [5, 5.41) is 11.7. The molecule has 3 aliphatic rings. The van der Waals surface area contributed by atoms with Crippen LogP contribution in [0.25, 0.3) is 10.9 Å². The van der Waals surface area contributed by atoms with Gasteiger partial charge in [0.25, 0.3) is 0 Å². The van der Waals surface area contributed by atoms with Crippen LogP contribution in [0.3, 0.4) is 0 Å². The Kier molecular flexibility index (Phi) is 3.86. The van der Waals surface area contributed by atoms with Crippen LogP contribution in [-0.4, -0.2) is 34.6 Å². The van der Waals surface area contributed by atoms with Gasteiger partial charge in [-0.2, -0.15) is 0 Å². The summed E-state index contributed by atoms with van der Waals surface area (Å²) >= 11 is 0. The number of fused-ring (bicyclic) bond motifs is 4. The smallest absolute Gasteiger partial charge is 0.115 e. The zero-order valence-corrected chi connectivity index (χ0v) is 17.2. The van der Waals surface area contributed by atoms with Crippen molar-refractivity contribution in [2.75, 3.05) is 19.6 Å². The molecule has 0 radical (unpaired) electrons. The fourth-order valence-electron chi connectivity index (χ4n) is 6.18. The van der Waals surface area contributed by atoms with Gasteiger partial charge in [-0.25, -0.2) is 0 Å². The molecule has 6 rings (SSSR count). The van der Waals surface area contributed by atoms with Crippen molar-refractivity contribution in [3.8, 4) is 5.75 Å². The Morgan fingerprint density at radius 1 is 1.17 bits per heavy atom. The van der Waals surface area contributed by atoms with Gasteiger partial charge in [-0.3, -0.25) is 0 Å². The minimum atomic E-state index is 0.126. The second kappa shape index (κ2) is 6.37. The molecule has 3 aromatic rings. The number of piperidine rings is 1. The number of H-pyrrole nitrogens is 1. The van der Waals surface area contributed by atoms with Crippen LogP contribution in [0.15, 0.2) is 42.5 Å². The monoisotopic (exact) mass is 386 g/mol. The van der Waals surface area contributed by atoms with Crippen molar-refractivity contribution in [2.24, 2.45) is 11.8 Å². The van der Waals surface area contributed by atoms with Crippen LogP contribution >= 0.6 is 0 Å². The van der Waals surface area contributed by atoms with E-state index in [0.29, 0.717) is 11.7 Å². The van der Waals surface area contributed by atoms with Gasteiger partial charge in [0.05, 0.1) is 0 Å². The molecule has 2 heterocycles. The molecule has 2 aliphatic carbocycles. The summed E-state index contributed by atoms with van der Waals surface area (Å²) in [5.74, 6) is 1.94. The van der Waals surface area contributed by atoms with Crippen LogP contribution in [0, 0.1) is 18.8 Å². The Labute approximate surface area is 172 Å². The molecule has 1 saturated heterocycles. The third-order valence-electron chi connectivity index (χ3n) is 7.95. The summed E-state index contributed by atoms with van der Waals surface area (Å²) in [6, 6.07) is 14.8. The van der Waals surface area contributed by atoms with Crippen LogP contribution in [-0.2, 0) is 18.3 Å². The molecule has 2 N–H and O–H groups in total. The van der Waals surface area contributed by atoms with E-state index < -0.39 is 0 Å². The Balaban J connectivity index is 1.46. The minimum absolute atomic E-state index is 0.126. The van der Waals surface area contributed by atoms with E-state index in [-0.39, 0.29) is 5.41 Å². The number of nitrogens with zero attached hydrogens (tertiary/aromatic N) is 1. The first-order valence-corrected chi connectivity index (χ1v) is 11.2. The lowest BCUT2D eigenvalue weighted by molar-refractivity contribution is 0.0783. The normalized spacial score (nSPS) is 27.0. The standard InChI is InChI=1S/C26H30N2O/c1-17-4-2-7-22-23-13-20-16-28(15-18-8-9-18)11-10-26(20,14-24(23)27-25(17)22)19-5-3-6-21(29)12-19/h2-7,12,18,20,27,29H,8-11,13-16H2,1H3. The number of aromatic nitrogens is 1. The molecule has 0 amide bonds. The van der Waals surface area contributed by atoms with E-state index >= 15 is 0 Å². The third kappa shape index (κ3) is 2.82. The highest BCUT2D eigenvalue weighted by Gasteiger charge is 2.48. The minimum Gasteiger partial charge on any atom is -0.508 e. The Morgan fingerprint density at radius 2 is 2.03 bits per heavy atom. The molecule has 0 bridgehead atoms. The Hall–Kier alpha value is -2.26. The first-order valence-electron chi connectivity index (χ1n) is 11.2. The molecule has 1 aromatic heterocycles. The van der Waals surface area contributed by atoms with Crippen LogP contribution in [0.1, 0.15) is 41.6 Å². The fourth-order valence-corrected chi connectivity index (χ4v) is 6.18. The van der Waals surface area contributed by atoms with Gasteiger partial charge in [-0.1, -0.05) is 30.3 Å². The van der Waals surface area contributed by atoms with E-state index in [0.717, 1.165) is 18.8 Å². The topological polar surface area (TPSA) is 39.3 Å². The number of likely N-dealkylation sites (tertiary alicyclic amines) is 1. The van der Waals surface area contributed by atoms with Crippen molar-refractivity contribution in [3.63, 3.8) is 0 Å². The van der Waals surface area contributed by atoms with E-state index in [1.54, 1.807) is 6.07 Å². The Bertz CT molecular complexity index is 1080. The Morgan fingerprint density at radius 3 is 2.86 bits per heavy atom. The highest BCUT2D eigenvalue weighted by Crippen LogP contribution is 2.50. The van der Waals surface area contributed by atoms with Gasteiger partial charge in [-0.15, -0.1) is 0 Å². The summed E-state index contributed by atoms with van der Waals surface area (Å²) in [6.07, 6.45) is 6.22. The van der Waals surface area contributed by atoms with Crippen molar-refractivity contribution >= 4 is 10.9 Å². The first-order chi connectivity index (χ1) is 14.1. The van der Waals surface area contributed by atoms with Gasteiger partial charge in [0, 0.05) is 35.1 Å². The zero-order valence-electron chi connectivity index (χ0n) is 17.2. The molecule has 1 aliphatic heterocycles. The molecular weight excluding hydrogens is 356 g/mol. The number of aromatic amines is 1. The quantitative estimate of drug-likeness (QED) is 0.668. The van der Waals surface area contributed by atoms with E-state index in [1.165, 1.54) is 72.2 Å². The number of rotatable bonds is 3. The van der Waals surface area contributed by atoms with Crippen molar-refractivity contribution < 1.29 is 5.11 Å². The van der Waals surface area contributed by atoms with Crippen molar-refractivity contribution in [2.45, 2.75) is 44.4 Å². The maximum atomic E-state index is 10.2. The van der Waals surface area contributed by atoms with Crippen LogP contribution in [0.4, 0.5) is 0 Å². The fraction of sp³-hybridized carbons (Fsp3) is 0.462. The lowest BCUT2D eigenvalue weighted by Crippen LogP contribution is -2.54. The van der Waals surface area contributed by atoms with Gasteiger partial charge in [0.15, 0.2) is 0 Å². The predicted octanol–water partition coefficient (Wildman–Crippen LogP) is 4.95. The molecule has 150 valence electrons. The van der Waals surface area contributed by atoms with E-state index in [9.17, 15) is 5.11 Å². The maximum absolute atomic E-state index is 10.2. The summed E-state index contributed by atoms with van der Waals surface area (Å²) in [5.41, 5.74) is 7.07. The summed E-state index contributed by atoms with van der Waals surface area (Å²) in [6.45, 7) is 5.85. The molecule has 2 atom stereocenters. The van der Waals surface area contributed by atoms with Crippen molar-refractivity contribution in [1.82, 2.24) is 9.88 Å². The largest absolute Gasteiger partial charge is 0.508 e. The molecule has 29 heavy (non-hydrogen) atoms. The van der Waals surface area contributed by atoms with E-state index in [4.69, 9.17) is 0 Å². The van der Waals surface area contributed by atoms with Crippen LogP contribution < -0.4 is 0 Å². The SMILES string of the molecule is Cc1cccc2c3c([nH]c12)CC1(c2cccc(O)c2)CCN(CC2CC2)CC1C3. The van der Waals surface area contributed by atoms with Crippen LogP contribution in [0.5, 0.6) is 5.75 Å². The lowest BCUT2D eigenvalue weighted by atomic mass is 9.58. The highest BCUT2D eigenvalue weighted by atomic mass is 16.3. The number of phenolic OH excluding ortho intramolecular Hbond substituents is 1. The van der Waals surface area contributed by atoms with Gasteiger partial charge >= 0.3 is 0 Å². The number of benzene rings is 2. The first kappa shape index (κ1) is 17.6.